The number of esters is 1. The van der Waals surface area contributed by atoms with Gasteiger partial charge in [0.1, 0.15) is 6.04 Å². The average molecular weight is 267 g/mol. The molecule has 0 fully saturated rings. The predicted molar refractivity (Wildman–Crippen MR) is 74.7 cm³/mol. The Hall–Kier alpha value is -1.36. The third-order valence-electron chi connectivity index (χ3n) is 3.33. The summed E-state index contributed by atoms with van der Waals surface area (Å²) < 4.78 is 6.75. The first kappa shape index (κ1) is 15.7. The van der Waals surface area contributed by atoms with E-state index in [4.69, 9.17) is 4.74 Å². The molecule has 5 heteroatoms. The molecule has 0 aliphatic rings. The smallest absolute Gasteiger partial charge is 0.323 e. The molecule has 108 valence electrons. The molecule has 0 bridgehead atoms. The van der Waals surface area contributed by atoms with Crippen LogP contribution in [0.5, 0.6) is 0 Å². The molecular weight excluding hydrogens is 242 g/mol. The number of hydrogen-bond donors (Lipinski definition) is 1. The van der Waals surface area contributed by atoms with Crippen LogP contribution in [0.2, 0.25) is 0 Å². The highest BCUT2D eigenvalue weighted by atomic mass is 16.5. The molecule has 1 aromatic heterocycles. The molecule has 0 saturated heterocycles. The van der Waals surface area contributed by atoms with Gasteiger partial charge in [0.05, 0.1) is 12.8 Å². The van der Waals surface area contributed by atoms with Crippen molar-refractivity contribution in [3.63, 3.8) is 0 Å². The van der Waals surface area contributed by atoms with Crippen LogP contribution in [-0.4, -0.2) is 28.9 Å². The molecule has 0 aliphatic heterocycles. The highest BCUT2D eigenvalue weighted by Gasteiger charge is 2.22. The number of carbonyl (C=O) groups is 1. The minimum atomic E-state index is -0.293. The van der Waals surface area contributed by atoms with Crippen LogP contribution in [0, 0.1) is 5.92 Å². The van der Waals surface area contributed by atoms with Gasteiger partial charge in [-0.1, -0.05) is 20.8 Å². The van der Waals surface area contributed by atoms with Crippen molar-refractivity contribution in [1.29, 1.82) is 0 Å². The minimum Gasteiger partial charge on any atom is -0.468 e. The van der Waals surface area contributed by atoms with Crippen LogP contribution in [0.3, 0.4) is 0 Å². The highest BCUT2D eigenvalue weighted by Crippen LogP contribution is 2.10. The molecule has 0 spiro atoms. The van der Waals surface area contributed by atoms with E-state index in [0.717, 1.165) is 12.1 Å². The lowest BCUT2D eigenvalue weighted by atomic mass is 10.0. The van der Waals surface area contributed by atoms with Crippen molar-refractivity contribution in [3.05, 3.63) is 18.0 Å². The van der Waals surface area contributed by atoms with Gasteiger partial charge >= 0.3 is 5.97 Å². The Morgan fingerprint density at radius 1 is 1.47 bits per heavy atom. The Bertz CT molecular complexity index is 401. The van der Waals surface area contributed by atoms with Gasteiger partial charge in [0.25, 0.3) is 0 Å². The first-order chi connectivity index (χ1) is 8.99. The largest absolute Gasteiger partial charge is 0.468 e. The van der Waals surface area contributed by atoms with E-state index in [1.807, 2.05) is 30.8 Å². The standard InChI is InChI=1S/C14H25N3O2/c1-6-11(4)17-8-7-12(16-17)9-15-13(10(2)3)14(18)19-5/h7-8,10-11,13,15H,6,9H2,1-5H3. The first-order valence-corrected chi connectivity index (χ1v) is 6.84. The minimum absolute atomic E-state index is 0.184. The summed E-state index contributed by atoms with van der Waals surface area (Å²) in [6, 6.07) is 2.09. The molecular formula is C14H25N3O2. The summed E-state index contributed by atoms with van der Waals surface area (Å²) in [5.74, 6) is -0.0412. The van der Waals surface area contributed by atoms with Gasteiger partial charge in [-0.3, -0.25) is 14.8 Å². The Morgan fingerprint density at radius 3 is 2.68 bits per heavy atom. The number of aromatic nitrogens is 2. The van der Waals surface area contributed by atoms with E-state index < -0.39 is 0 Å². The maximum absolute atomic E-state index is 11.6. The lowest BCUT2D eigenvalue weighted by molar-refractivity contribution is -0.144. The zero-order valence-electron chi connectivity index (χ0n) is 12.5. The molecule has 0 aliphatic carbocycles. The van der Waals surface area contributed by atoms with Gasteiger partial charge in [-0.25, -0.2) is 0 Å². The van der Waals surface area contributed by atoms with E-state index in [-0.39, 0.29) is 17.9 Å². The highest BCUT2D eigenvalue weighted by molar-refractivity contribution is 5.75. The van der Waals surface area contributed by atoms with Gasteiger partial charge in [-0.2, -0.15) is 5.10 Å². The van der Waals surface area contributed by atoms with Crippen LogP contribution in [0.1, 0.15) is 45.9 Å². The summed E-state index contributed by atoms with van der Waals surface area (Å²) in [5, 5.41) is 7.71. The van der Waals surface area contributed by atoms with Gasteiger partial charge < -0.3 is 4.74 Å². The summed E-state index contributed by atoms with van der Waals surface area (Å²) in [5.41, 5.74) is 0.940. The normalized spacial score (nSPS) is 14.4. The van der Waals surface area contributed by atoms with Crippen molar-refractivity contribution in [2.45, 2.75) is 52.7 Å². The van der Waals surface area contributed by atoms with Gasteiger partial charge in [-0.15, -0.1) is 0 Å². The van der Waals surface area contributed by atoms with Crippen molar-refractivity contribution < 1.29 is 9.53 Å². The number of nitrogens with zero attached hydrogens (tertiary/aromatic N) is 2. The molecule has 1 heterocycles. The molecule has 1 rings (SSSR count). The van der Waals surface area contributed by atoms with Gasteiger partial charge in [0.2, 0.25) is 0 Å². The average Bonchev–Trinajstić information content (AvgIpc) is 2.86. The number of rotatable bonds is 7. The fourth-order valence-corrected chi connectivity index (χ4v) is 1.84. The molecule has 2 atom stereocenters. The third kappa shape index (κ3) is 4.35. The van der Waals surface area contributed by atoms with E-state index in [1.54, 1.807) is 0 Å². The van der Waals surface area contributed by atoms with Crippen LogP contribution in [0.15, 0.2) is 12.3 Å². The second-order valence-electron chi connectivity index (χ2n) is 5.17. The number of ether oxygens (including phenoxy) is 1. The zero-order valence-corrected chi connectivity index (χ0v) is 12.5. The van der Waals surface area contributed by atoms with Crippen LogP contribution in [0.25, 0.3) is 0 Å². The van der Waals surface area contributed by atoms with Crippen molar-refractivity contribution in [3.8, 4) is 0 Å². The van der Waals surface area contributed by atoms with E-state index >= 15 is 0 Å². The fraction of sp³-hybridized carbons (Fsp3) is 0.714. The predicted octanol–water partition coefficient (Wildman–Crippen LogP) is 2.14. The van der Waals surface area contributed by atoms with E-state index in [1.165, 1.54) is 7.11 Å². The second-order valence-corrected chi connectivity index (χ2v) is 5.17. The third-order valence-corrected chi connectivity index (χ3v) is 3.33. The van der Waals surface area contributed by atoms with Crippen LogP contribution in [0.4, 0.5) is 0 Å². The van der Waals surface area contributed by atoms with Crippen molar-refractivity contribution in [2.24, 2.45) is 5.92 Å². The van der Waals surface area contributed by atoms with E-state index in [9.17, 15) is 4.79 Å². The van der Waals surface area contributed by atoms with Gasteiger partial charge in [-0.05, 0) is 25.3 Å². The summed E-state index contributed by atoms with van der Waals surface area (Å²) >= 11 is 0. The Balaban J connectivity index is 2.59. The fourth-order valence-electron chi connectivity index (χ4n) is 1.84. The topological polar surface area (TPSA) is 56.2 Å². The molecule has 0 saturated carbocycles. The Labute approximate surface area is 115 Å². The molecule has 0 aromatic carbocycles. The van der Waals surface area contributed by atoms with Crippen LogP contribution < -0.4 is 5.32 Å². The van der Waals surface area contributed by atoms with Crippen molar-refractivity contribution in [1.82, 2.24) is 15.1 Å². The summed E-state index contributed by atoms with van der Waals surface area (Å²) in [4.78, 5) is 11.6. The Kier molecular flexibility index (Phi) is 6.02. The lowest BCUT2D eigenvalue weighted by Crippen LogP contribution is -2.41. The maximum atomic E-state index is 11.6. The number of hydrogen-bond acceptors (Lipinski definition) is 4. The van der Waals surface area contributed by atoms with Gasteiger partial charge in [0, 0.05) is 18.8 Å². The summed E-state index contributed by atoms with van der Waals surface area (Å²) in [6.07, 6.45) is 3.03. The number of methoxy groups -OCH3 is 1. The summed E-state index contributed by atoms with van der Waals surface area (Å²) in [7, 11) is 1.41. The van der Waals surface area contributed by atoms with Crippen molar-refractivity contribution >= 4 is 5.97 Å². The number of nitrogens with one attached hydrogen (secondary N) is 1. The van der Waals surface area contributed by atoms with E-state index in [0.29, 0.717) is 12.6 Å². The molecule has 1 aromatic rings. The molecule has 1 N–H and O–H groups in total. The molecule has 19 heavy (non-hydrogen) atoms. The van der Waals surface area contributed by atoms with Crippen LogP contribution in [-0.2, 0) is 16.1 Å². The monoisotopic (exact) mass is 267 g/mol. The quantitative estimate of drug-likeness (QED) is 0.769. The molecule has 2 unspecified atom stereocenters. The number of carbonyl (C=O) groups excluding carboxylic acids is 1. The van der Waals surface area contributed by atoms with E-state index in [2.05, 4.69) is 24.3 Å². The Morgan fingerprint density at radius 2 is 2.16 bits per heavy atom. The molecule has 0 amide bonds. The maximum Gasteiger partial charge on any atom is 0.323 e. The lowest BCUT2D eigenvalue weighted by Gasteiger charge is -2.19. The zero-order chi connectivity index (χ0) is 14.4. The van der Waals surface area contributed by atoms with Gasteiger partial charge in [0.15, 0.2) is 0 Å². The first-order valence-electron chi connectivity index (χ1n) is 6.84. The molecule has 0 radical (unpaired) electrons. The van der Waals surface area contributed by atoms with Crippen LogP contribution >= 0.6 is 0 Å². The second kappa shape index (κ2) is 7.28. The molecule has 5 nitrogen and oxygen atoms in total. The summed E-state index contributed by atoms with van der Waals surface area (Å²) in [6.45, 7) is 8.83. The van der Waals surface area contributed by atoms with Crippen molar-refractivity contribution in [2.75, 3.05) is 7.11 Å². The SMILES string of the molecule is CCC(C)n1ccc(CNC(C(=O)OC)C(C)C)n1.